The lowest BCUT2D eigenvalue weighted by Gasteiger charge is -2.43. The van der Waals surface area contributed by atoms with Gasteiger partial charge in [-0.25, -0.2) is 14.0 Å². The smallest absolute Gasteiger partial charge is 0.327 e. The van der Waals surface area contributed by atoms with E-state index < -0.39 is 21.9 Å². The van der Waals surface area contributed by atoms with Gasteiger partial charge >= 0.3 is 11.9 Å². The number of hydrogen-bond donors (Lipinski definition) is 2. The van der Waals surface area contributed by atoms with Crippen molar-refractivity contribution in [3.8, 4) is 5.75 Å². The minimum Gasteiger partial charge on any atom is -0.490 e. The van der Waals surface area contributed by atoms with Crippen molar-refractivity contribution in [1.29, 1.82) is 0 Å². The highest BCUT2D eigenvalue weighted by atomic mass is 35.5. The van der Waals surface area contributed by atoms with Crippen LogP contribution in [0.3, 0.4) is 0 Å². The zero-order chi connectivity index (χ0) is 33.0. The molecule has 0 spiro atoms. The number of aryl methyl sites for hydroxylation is 1. The molecule has 2 saturated carbocycles. The molecule has 0 saturated heterocycles. The Bertz CT molecular complexity index is 1620. The highest BCUT2D eigenvalue weighted by Gasteiger charge is 2.38. The fourth-order valence-corrected chi connectivity index (χ4v) is 8.91. The maximum absolute atomic E-state index is 14.3. The van der Waals surface area contributed by atoms with Crippen molar-refractivity contribution in [1.82, 2.24) is 15.0 Å². The van der Waals surface area contributed by atoms with Crippen molar-refractivity contribution in [3.05, 3.63) is 64.3 Å². The molecule has 6 rings (SSSR count). The number of urea groups is 1. The van der Waals surface area contributed by atoms with Crippen LogP contribution in [0.4, 0.5) is 10.6 Å². The van der Waals surface area contributed by atoms with Crippen LogP contribution in [-0.2, 0) is 27.6 Å². The minimum atomic E-state index is -3.48. The predicted octanol–water partition coefficient (Wildman–Crippen LogP) is 6.47. The molecule has 12 heteroatoms. The number of aromatic nitrogens is 1. The average Bonchev–Trinajstić information content (AvgIpc) is 3.85. The summed E-state index contributed by atoms with van der Waals surface area (Å²) in [4.78, 5) is 33.7. The number of halogens is 1. The van der Waals surface area contributed by atoms with Gasteiger partial charge in [-0.3, -0.25) is 9.52 Å². The number of methoxy groups -OCH3 is 1. The first kappa shape index (κ1) is 33.7. The molecule has 2 N–H and O–H groups in total. The summed E-state index contributed by atoms with van der Waals surface area (Å²) in [6.45, 7) is 3.77. The first-order valence-corrected chi connectivity index (χ1v) is 19.0. The third-order valence-corrected chi connectivity index (χ3v) is 12.0. The summed E-state index contributed by atoms with van der Waals surface area (Å²) in [5.74, 6) is 1.03. The topological polar surface area (TPSA) is 122 Å². The Kier molecular flexibility index (Phi) is 10.7. The lowest BCUT2D eigenvalue weighted by molar-refractivity contribution is 0.0133. The zero-order valence-corrected chi connectivity index (χ0v) is 28.9. The van der Waals surface area contributed by atoms with E-state index in [9.17, 15) is 13.8 Å². The SMILES string of the molecule is CC[C@H]1C/C=C/[C@H](OC)[C@@H]2CC[C@H]2CN2Cc3ccc(Cl)cc3CCCCOc3ccc(nc32)C(=O)N=S(=O)(NC(=O)NC2CC2)C1. The number of rotatable bonds is 4. The molecule has 1 aromatic heterocycles. The molecule has 4 aliphatic rings. The number of hydrogen-bond acceptors (Lipinski definition) is 7. The number of ether oxygens (including phenoxy) is 2. The quantitative estimate of drug-likeness (QED) is 0.354. The van der Waals surface area contributed by atoms with Crippen LogP contribution in [0.1, 0.15) is 79.9 Å². The monoisotopic (exact) mass is 683 g/mol. The van der Waals surface area contributed by atoms with Crippen molar-refractivity contribution < 1.29 is 23.3 Å². The summed E-state index contributed by atoms with van der Waals surface area (Å²) in [5, 5.41) is 3.53. The zero-order valence-electron chi connectivity index (χ0n) is 27.3. The summed E-state index contributed by atoms with van der Waals surface area (Å²) < 4.78 is 33.4. The van der Waals surface area contributed by atoms with Gasteiger partial charge < -0.3 is 19.7 Å². The Labute approximate surface area is 283 Å². The molecule has 254 valence electrons. The lowest BCUT2D eigenvalue weighted by atomic mass is 9.70. The molecule has 2 aliphatic carbocycles. The molecule has 2 bridgehead atoms. The van der Waals surface area contributed by atoms with Gasteiger partial charge in [-0.15, -0.1) is 4.36 Å². The van der Waals surface area contributed by atoms with E-state index >= 15 is 0 Å². The Hall–Kier alpha value is -3.15. The fraction of sp³-hybridized carbons (Fsp3) is 0.571. The van der Waals surface area contributed by atoms with Gasteiger partial charge in [0, 0.05) is 31.3 Å². The van der Waals surface area contributed by atoms with E-state index in [-0.39, 0.29) is 29.5 Å². The van der Waals surface area contributed by atoms with E-state index in [4.69, 9.17) is 26.1 Å². The van der Waals surface area contributed by atoms with Crippen LogP contribution in [0, 0.1) is 17.8 Å². The number of allylic oxidation sites excluding steroid dienone is 1. The number of nitrogens with one attached hydrogen (secondary N) is 2. The van der Waals surface area contributed by atoms with E-state index in [0.29, 0.717) is 61.0 Å². The van der Waals surface area contributed by atoms with Gasteiger partial charge in [0.1, 0.15) is 15.6 Å². The first-order valence-electron chi connectivity index (χ1n) is 17.0. The van der Waals surface area contributed by atoms with Crippen LogP contribution >= 0.6 is 11.6 Å². The van der Waals surface area contributed by atoms with Gasteiger partial charge in [0.15, 0.2) is 11.6 Å². The second-order valence-electron chi connectivity index (χ2n) is 13.3. The Morgan fingerprint density at radius 3 is 2.74 bits per heavy atom. The Morgan fingerprint density at radius 2 is 2.00 bits per heavy atom. The summed E-state index contributed by atoms with van der Waals surface area (Å²) in [5.41, 5.74) is 2.40. The van der Waals surface area contributed by atoms with Crippen LogP contribution < -0.4 is 19.7 Å². The van der Waals surface area contributed by atoms with Crippen molar-refractivity contribution in [2.45, 2.75) is 83.4 Å². The molecule has 3 heterocycles. The van der Waals surface area contributed by atoms with Crippen LogP contribution in [-0.4, -0.2) is 59.3 Å². The van der Waals surface area contributed by atoms with E-state index in [0.717, 1.165) is 50.5 Å². The largest absolute Gasteiger partial charge is 0.490 e. The Balaban J connectivity index is 1.44. The van der Waals surface area contributed by atoms with E-state index in [1.807, 2.05) is 19.1 Å². The number of carbonyl (C=O) groups excluding carboxylic acids is 2. The summed E-state index contributed by atoms with van der Waals surface area (Å²) in [6, 6.07) is 8.88. The summed E-state index contributed by atoms with van der Waals surface area (Å²) >= 11 is 6.44. The number of pyridine rings is 1. The first-order chi connectivity index (χ1) is 22.7. The maximum atomic E-state index is 14.3. The van der Waals surface area contributed by atoms with Crippen LogP contribution in [0.5, 0.6) is 5.75 Å². The summed E-state index contributed by atoms with van der Waals surface area (Å²) in [6.07, 6.45) is 12.0. The Morgan fingerprint density at radius 1 is 1.15 bits per heavy atom. The molecular formula is C35H46ClN5O5S. The molecule has 1 aromatic carbocycles. The van der Waals surface area contributed by atoms with E-state index in [1.54, 1.807) is 19.2 Å². The number of anilines is 1. The molecule has 2 aromatic rings. The van der Waals surface area contributed by atoms with Crippen molar-refractivity contribution in [2.75, 3.05) is 30.9 Å². The van der Waals surface area contributed by atoms with Gasteiger partial charge in [0.2, 0.25) is 0 Å². The highest BCUT2D eigenvalue weighted by Crippen LogP contribution is 2.41. The normalized spacial score (nSPS) is 29.0. The van der Waals surface area contributed by atoms with Crippen molar-refractivity contribution in [2.24, 2.45) is 22.1 Å². The minimum absolute atomic E-state index is 0.0425. The molecule has 47 heavy (non-hydrogen) atoms. The van der Waals surface area contributed by atoms with Gasteiger partial charge in [0.25, 0.3) is 0 Å². The number of carbonyl (C=O) groups is 2. The number of amides is 3. The molecule has 1 unspecified atom stereocenters. The molecular weight excluding hydrogens is 638 g/mol. The molecule has 5 atom stereocenters. The number of benzene rings is 1. The van der Waals surface area contributed by atoms with Crippen LogP contribution in [0.2, 0.25) is 5.02 Å². The molecule has 2 fully saturated rings. The average molecular weight is 684 g/mol. The molecule has 0 radical (unpaired) electrons. The van der Waals surface area contributed by atoms with Gasteiger partial charge in [-0.05, 0) is 105 Å². The van der Waals surface area contributed by atoms with Crippen LogP contribution in [0.15, 0.2) is 46.8 Å². The fourth-order valence-electron chi connectivity index (χ4n) is 6.79. The van der Waals surface area contributed by atoms with Crippen molar-refractivity contribution in [3.63, 3.8) is 0 Å². The summed E-state index contributed by atoms with van der Waals surface area (Å²) in [7, 11) is -1.72. The third kappa shape index (κ3) is 8.48. The second-order valence-corrected chi connectivity index (χ2v) is 15.7. The van der Waals surface area contributed by atoms with Crippen LogP contribution in [0.25, 0.3) is 0 Å². The van der Waals surface area contributed by atoms with Gasteiger partial charge in [-0.2, -0.15) is 0 Å². The highest BCUT2D eigenvalue weighted by molar-refractivity contribution is 7.92. The van der Waals surface area contributed by atoms with Crippen molar-refractivity contribution >= 4 is 39.3 Å². The predicted molar refractivity (Wildman–Crippen MR) is 184 cm³/mol. The molecule has 2 aliphatic heterocycles. The molecule has 3 amide bonds. The number of fused-ring (bicyclic) bond motifs is 3. The lowest BCUT2D eigenvalue weighted by Crippen LogP contribution is -2.44. The van der Waals surface area contributed by atoms with Gasteiger partial charge in [0.05, 0.1) is 18.5 Å². The molecule has 10 nitrogen and oxygen atoms in total. The van der Waals surface area contributed by atoms with E-state index in [2.05, 4.69) is 37.5 Å². The number of nitrogens with zero attached hydrogens (tertiary/aromatic N) is 3. The third-order valence-electron chi connectivity index (χ3n) is 9.84. The van der Waals surface area contributed by atoms with E-state index in [1.165, 1.54) is 5.56 Å². The van der Waals surface area contributed by atoms with Gasteiger partial charge in [-0.1, -0.05) is 43.2 Å². The standard InChI is InChI=1S/C35H46ClN5O5S/c1-3-23-7-6-9-31(45-2)29-15-11-26(29)21-41-20-25-10-12-27(36)19-24(25)8-4-5-18-46-32-17-16-30(38-33(32)41)34(42)39-47(44,22-23)40-35(43)37-28-13-14-28/h6,9-10,12,16-17,19,23,26,28-29,31H,3-5,7-8,11,13-15,18,20-22H2,1-2H3,(H2,37,39,40,42,43,44)/b9-6+/t23-,26-,29+,31-,47?/m0/s1. The maximum Gasteiger partial charge on any atom is 0.327 e. The second kappa shape index (κ2) is 15.0.